The lowest BCUT2D eigenvalue weighted by Gasteiger charge is -2.19. The maximum Gasteiger partial charge on any atom is 0.147 e. The van der Waals surface area contributed by atoms with Gasteiger partial charge in [-0.3, -0.25) is 41.9 Å². The van der Waals surface area contributed by atoms with Crippen LogP contribution in [0.3, 0.4) is 0 Å². The van der Waals surface area contributed by atoms with Crippen LogP contribution in [0.25, 0.3) is 148 Å². The van der Waals surface area contributed by atoms with Crippen LogP contribution in [0.15, 0.2) is 201 Å². The molecular formula is C94H74N14. The van der Waals surface area contributed by atoms with Crippen LogP contribution in [0.5, 0.6) is 0 Å². The van der Waals surface area contributed by atoms with E-state index in [0.717, 1.165) is 132 Å². The molecule has 0 amide bonds. The molecule has 21 aromatic rings. The topological polar surface area (TPSA) is 138 Å². The summed E-state index contributed by atoms with van der Waals surface area (Å²) in [5.74, 6) is 0. The Labute approximate surface area is 620 Å². The molecule has 0 fully saturated rings. The molecule has 0 saturated carbocycles. The van der Waals surface area contributed by atoms with Crippen LogP contribution in [-0.4, -0.2) is 66.9 Å². The molecule has 19 heterocycles. The van der Waals surface area contributed by atoms with Crippen molar-refractivity contribution < 1.29 is 0 Å². The van der Waals surface area contributed by atoms with Gasteiger partial charge in [0.25, 0.3) is 0 Å². The number of aryl methyl sites for hydroxylation is 17. The first-order valence-electron chi connectivity index (χ1n) is 38.1. The third-order valence-electron chi connectivity index (χ3n) is 24.3. The van der Waals surface area contributed by atoms with Gasteiger partial charge in [-0.15, -0.1) is 0 Å². The largest absolute Gasteiger partial charge is 0.296 e. The van der Waals surface area contributed by atoms with Gasteiger partial charge in [0, 0.05) is 113 Å². The summed E-state index contributed by atoms with van der Waals surface area (Å²) < 4.78 is 11.8. The number of aromatic nitrogens is 14. The number of pyridine rings is 9. The molecule has 7 aromatic carbocycles. The van der Waals surface area contributed by atoms with Crippen LogP contribution in [-0.2, 0) is 64.2 Å². The van der Waals surface area contributed by atoms with Crippen LogP contribution in [0.2, 0.25) is 0 Å². The van der Waals surface area contributed by atoms with Gasteiger partial charge >= 0.3 is 0 Å². The standard InChI is InChI=1S/C26H22N2.4C17H13N3/c1-15-6-4-7-16(2)24(15)19-10-12-21-22(14-19)20-9-5-8-18-11-13-23-17(3)27-26(21)28(23)25(18)20;1-10-14-8-7-11-4-2-5-12-15-13(6-3-9-18-15)17(19-10)20(14)16(11)12;1-10-15-7-6-11-8-18-9-14-12-4-2-3-5-13(12)17(19-10)20(15)16(11)14;1-10-14-7-6-11-8-9-18-15-12-4-2-3-5-13(12)17(19-10)20(14)16(11)15;1-10-15-7-6-14-16-12(8-9-18-14)11-4-2-3-5-13(11)17(19-10)20(15)16/h4-10,12,14H,11,13H2,1-3H3;2-6,9H,7-8H2,1H3;3*2-5,8-9H,6-7H2,1H3. The molecule has 0 unspecified atom stereocenters. The van der Waals surface area contributed by atoms with Crippen LogP contribution in [0, 0.1) is 48.5 Å². The first-order chi connectivity index (χ1) is 53.0. The van der Waals surface area contributed by atoms with Crippen LogP contribution in [0.4, 0.5) is 0 Å². The van der Waals surface area contributed by atoms with Crippen LogP contribution < -0.4 is 0 Å². The fourth-order valence-corrected chi connectivity index (χ4v) is 19.5. The minimum Gasteiger partial charge on any atom is -0.296 e. The Kier molecular flexibility index (Phi) is 13.7. The minimum absolute atomic E-state index is 1.01. The second-order valence-electron chi connectivity index (χ2n) is 30.2. The zero-order valence-electron chi connectivity index (χ0n) is 61.4. The first-order valence-corrected chi connectivity index (χ1v) is 38.1. The summed E-state index contributed by atoms with van der Waals surface area (Å²) in [5.41, 5.74) is 38.6. The lowest BCUT2D eigenvalue weighted by molar-refractivity contribution is 0.837. The van der Waals surface area contributed by atoms with E-state index >= 15 is 0 Å². The van der Waals surface area contributed by atoms with Crippen molar-refractivity contribution in [1.29, 1.82) is 0 Å². The summed E-state index contributed by atoms with van der Waals surface area (Å²) in [6.45, 7) is 15.0. The van der Waals surface area contributed by atoms with E-state index in [1.807, 2.05) is 37.1 Å². The second-order valence-corrected chi connectivity index (χ2v) is 30.2. The number of hydrogen-bond acceptors (Lipinski definition) is 9. The molecule has 14 heteroatoms. The maximum absolute atomic E-state index is 5.00. The Bertz CT molecular complexity index is 6860. The monoisotopic (exact) mass is 1400 g/mol. The van der Waals surface area contributed by atoms with Gasteiger partial charge < -0.3 is 0 Å². The van der Waals surface area contributed by atoms with E-state index in [4.69, 9.17) is 24.9 Å². The van der Waals surface area contributed by atoms with E-state index in [2.05, 4.69) is 254 Å². The highest BCUT2D eigenvalue weighted by molar-refractivity contribution is 6.17. The highest BCUT2D eigenvalue weighted by atomic mass is 15.1. The van der Waals surface area contributed by atoms with Crippen molar-refractivity contribution >= 4 is 137 Å². The van der Waals surface area contributed by atoms with Gasteiger partial charge in [-0.25, -0.2) is 24.9 Å². The van der Waals surface area contributed by atoms with Crippen molar-refractivity contribution in [1.82, 2.24) is 66.9 Å². The zero-order valence-corrected chi connectivity index (χ0v) is 61.4. The summed E-state index contributed by atoms with van der Waals surface area (Å²) in [6, 6.07) is 60.7. The van der Waals surface area contributed by atoms with E-state index in [9.17, 15) is 0 Å². The number of para-hydroxylation sites is 2. The molecule has 5 aliphatic rings. The number of benzene rings is 7. The van der Waals surface area contributed by atoms with Gasteiger partial charge in [-0.2, -0.15) is 0 Å². The molecule has 14 aromatic heterocycles. The van der Waals surface area contributed by atoms with Crippen LogP contribution >= 0.6 is 0 Å². The number of fused-ring (bicyclic) bond motifs is 15. The Morgan fingerprint density at radius 1 is 0.259 bits per heavy atom. The van der Waals surface area contributed by atoms with Crippen molar-refractivity contribution in [3.05, 3.63) is 297 Å². The van der Waals surface area contributed by atoms with E-state index in [1.165, 1.54) is 177 Å². The molecule has 0 saturated heterocycles. The number of imidazole rings is 5. The molecule has 5 aliphatic heterocycles. The normalized spacial score (nSPS) is 13.7. The summed E-state index contributed by atoms with van der Waals surface area (Å²) in [6.07, 6.45) is 20.4. The molecule has 0 spiro atoms. The van der Waals surface area contributed by atoms with Crippen molar-refractivity contribution in [2.45, 2.75) is 113 Å². The Morgan fingerprint density at radius 3 is 1.28 bits per heavy atom. The predicted octanol–water partition coefficient (Wildman–Crippen LogP) is 20.1. The SMILES string of the molecule is Cc1cccc(C)c1-c1ccc2c(c1)c1cccc3c1n1c(c(C)nc21)CC3.Cc1nc2c3ccccc3c3ccnc4c3n2c1CC4.Cc1nc2c3ccccc3c3cncc4c3n2c1CC4.Cc1nc2c3ccccc3c3nccc4c3n2c1CC4.Cc1nc2c3cccnc3c3cccc4c3n2c1CC4. The van der Waals surface area contributed by atoms with Gasteiger partial charge in [0.05, 0.1) is 72.8 Å². The molecule has 0 N–H and O–H groups in total. The minimum atomic E-state index is 1.01. The highest BCUT2D eigenvalue weighted by Crippen LogP contribution is 2.43. The van der Waals surface area contributed by atoms with Crippen molar-refractivity contribution in [2.75, 3.05) is 0 Å². The lowest BCUT2D eigenvalue weighted by atomic mass is 9.92. The van der Waals surface area contributed by atoms with Gasteiger partial charge in [0.2, 0.25) is 0 Å². The van der Waals surface area contributed by atoms with E-state index in [1.54, 1.807) is 0 Å². The lowest BCUT2D eigenvalue weighted by Crippen LogP contribution is -2.09. The van der Waals surface area contributed by atoms with Crippen LogP contribution in [0.1, 0.15) is 96.0 Å². The van der Waals surface area contributed by atoms with Crippen molar-refractivity contribution in [2.24, 2.45) is 0 Å². The van der Waals surface area contributed by atoms with Gasteiger partial charge in [0.1, 0.15) is 28.2 Å². The molecular weight excluding hydrogens is 1330 g/mol. The fraction of sp³-hybridized carbons (Fsp3) is 0.181. The highest BCUT2D eigenvalue weighted by Gasteiger charge is 2.28. The maximum atomic E-state index is 5.00. The van der Waals surface area contributed by atoms with Gasteiger partial charge in [0.15, 0.2) is 0 Å². The van der Waals surface area contributed by atoms with Gasteiger partial charge in [-0.1, -0.05) is 133 Å². The van der Waals surface area contributed by atoms with E-state index < -0.39 is 0 Å². The smallest absolute Gasteiger partial charge is 0.147 e. The number of rotatable bonds is 1. The zero-order chi connectivity index (χ0) is 72.1. The predicted molar refractivity (Wildman–Crippen MR) is 438 cm³/mol. The third kappa shape index (κ3) is 8.97. The third-order valence-corrected chi connectivity index (χ3v) is 24.3. The number of nitrogens with zero attached hydrogens (tertiary/aromatic N) is 14. The summed E-state index contributed by atoms with van der Waals surface area (Å²) in [4.78, 5) is 42.6. The molecule has 0 aliphatic carbocycles. The molecule has 0 radical (unpaired) electrons. The van der Waals surface area contributed by atoms with Crippen molar-refractivity contribution in [3.63, 3.8) is 0 Å². The van der Waals surface area contributed by atoms with Gasteiger partial charge in [-0.05, 0) is 210 Å². The summed E-state index contributed by atoms with van der Waals surface area (Å²) in [5, 5.41) is 16.2. The molecule has 520 valence electrons. The molecule has 0 bridgehead atoms. The molecule has 26 rings (SSSR count). The Morgan fingerprint density at radius 2 is 0.676 bits per heavy atom. The average molecular weight is 1400 g/mol. The van der Waals surface area contributed by atoms with Crippen molar-refractivity contribution in [3.8, 4) is 11.1 Å². The Hall–Kier alpha value is -12.8. The second kappa shape index (κ2) is 23.6. The molecule has 108 heavy (non-hydrogen) atoms. The fourth-order valence-electron chi connectivity index (χ4n) is 19.5. The first kappa shape index (κ1) is 62.6. The molecule has 0 atom stereocenters. The van der Waals surface area contributed by atoms with E-state index in [0.29, 0.717) is 0 Å². The summed E-state index contributed by atoms with van der Waals surface area (Å²) >= 11 is 0. The Balaban J connectivity index is 0.0000000843. The quantitative estimate of drug-likeness (QED) is 0.147. The van der Waals surface area contributed by atoms with E-state index in [-0.39, 0.29) is 0 Å². The average Bonchev–Trinajstić information content (AvgIpc) is 1.36. The molecule has 14 nitrogen and oxygen atoms in total. The summed E-state index contributed by atoms with van der Waals surface area (Å²) in [7, 11) is 0. The number of hydrogen-bond donors (Lipinski definition) is 0.